The molecule has 0 radical (unpaired) electrons. The minimum absolute atomic E-state index is 0.745. The highest BCUT2D eigenvalue weighted by Gasteiger charge is 2.16. The fourth-order valence-electron chi connectivity index (χ4n) is 3.00. The van der Waals surface area contributed by atoms with Crippen LogP contribution < -0.4 is 0 Å². The van der Waals surface area contributed by atoms with Gasteiger partial charge in [0, 0.05) is 43.3 Å². The van der Waals surface area contributed by atoms with Crippen molar-refractivity contribution in [3.05, 3.63) is 69.7 Å². The van der Waals surface area contributed by atoms with Gasteiger partial charge in [-0.25, -0.2) is 0 Å². The van der Waals surface area contributed by atoms with Gasteiger partial charge in [-0.05, 0) is 31.0 Å². The van der Waals surface area contributed by atoms with E-state index >= 15 is 0 Å². The number of hydrogen-bond donors (Lipinski definition) is 0. The SMILES string of the molecule is Cc1ccc(CN2CCN(/N=C/c3ccccc3Cl)CC2)c(C)c1. The fourth-order valence-corrected chi connectivity index (χ4v) is 3.18. The van der Waals surface area contributed by atoms with E-state index in [-0.39, 0.29) is 0 Å². The largest absolute Gasteiger partial charge is 0.295 e. The van der Waals surface area contributed by atoms with Crippen molar-refractivity contribution in [3.8, 4) is 0 Å². The van der Waals surface area contributed by atoms with E-state index in [4.69, 9.17) is 11.6 Å². The first-order chi connectivity index (χ1) is 11.6. The minimum Gasteiger partial charge on any atom is -0.295 e. The molecule has 0 atom stereocenters. The molecule has 1 aliphatic heterocycles. The molecule has 24 heavy (non-hydrogen) atoms. The van der Waals surface area contributed by atoms with E-state index in [9.17, 15) is 0 Å². The number of hydrazone groups is 1. The first-order valence-corrected chi connectivity index (χ1v) is 8.81. The van der Waals surface area contributed by atoms with Gasteiger partial charge in [0.2, 0.25) is 0 Å². The number of aryl methyl sites for hydroxylation is 2. The van der Waals surface area contributed by atoms with Crippen LogP contribution in [0.1, 0.15) is 22.3 Å². The quantitative estimate of drug-likeness (QED) is 0.779. The van der Waals surface area contributed by atoms with E-state index in [1.807, 2.05) is 30.5 Å². The van der Waals surface area contributed by atoms with E-state index in [2.05, 4.69) is 47.1 Å². The molecule has 0 aromatic heterocycles. The Morgan fingerprint density at radius 2 is 1.79 bits per heavy atom. The molecule has 1 aliphatic rings. The Morgan fingerprint density at radius 3 is 2.50 bits per heavy atom. The Kier molecular flexibility index (Phi) is 5.54. The number of rotatable bonds is 4. The summed E-state index contributed by atoms with van der Waals surface area (Å²) < 4.78 is 0. The van der Waals surface area contributed by atoms with Crippen molar-refractivity contribution in [2.45, 2.75) is 20.4 Å². The number of halogens is 1. The third-order valence-electron chi connectivity index (χ3n) is 4.51. The second kappa shape index (κ2) is 7.82. The summed E-state index contributed by atoms with van der Waals surface area (Å²) in [6, 6.07) is 14.5. The van der Waals surface area contributed by atoms with Crippen LogP contribution in [0.15, 0.2) is 47.6 Å². The number of hydrogen-bond acceptors (Lipinski definition) is 3. The lowest BCUT2D eigenvalue weighted by molar-refractivity contribution is 0.131. The van der Waals surface area contributed by atoms with E-state index < -0.39 is 0 Å². The topological polar surface area (TPSA) is 18.8 Å². The van der Waals surface area contributed by atoms with Gasteiger partial charge in [0.05, 0.1) is 6.21 Å². The summed E-state index contributed by atoms with van der Waals surface area (Å²) in [5, 5.41) is 7.45. The van der Waals surface area contributed by atoms with Gasteiger partial charge in [0.15, 0.2) is 0 Å². The van der Waals surface area contributed by atoms with Crippen LogP contribution in [0.25, 0.3) is 0 Å². The third kappa shape index (κ3) is 4.37. The van der Waals surface area contributed by atoms with Gasteiger partial charge in [-0.15, -0.1) is 0 Å². The monoisotopic (exact) mass is 341 g/mol. The molecule has 2 aromatic rings. The van der Waals surface area contributed by atoms with Crippen LogP contribution in [0.4, 0.5) is 0 Å². The molecular weight excluding hydrogens is 318 g/mol. The summed E-state index contributed by atoms with van der Waals surface area (Å²) in [5.74, 6) is 0. The second-order valence-electron chi connectivity index (χ2n) is 6.43. The van der Waals surface area contributed by atoms with E-state index in [0.717, 1.165) is 43.3 Å². The van der Waals surface area contributed by atoms with Crippen LogP contribution in [0, 0.1) is 13.8 Å². The van der Waals surface area contributed by atoms with Gasteiger partial charge in [-0.1, -0.05) is 53.6 Å². The molecular formula is C20H24ClN3. The summed E-state index contributed by atoms with van der Waals surface area (Å²) in [7, 11) is 0. The molecule has 126 valence electrons. The molecule has 0 N–H and O–H groups in total. The molecule has 3 nitrogen and oxygen atoms in total. The highest BCUT2D eigenvalue weighted by atomic mass is 35.5. The van der Waals surface area contributed by atoms with Gasteiger partial charge in [0.1, 0.15) is 0 Å². The number of piperazine rings is 1. The van der Waals surface area contributed by atoms with Gasteiger partial charge in [0.25, 0.3) is 0 Å². The normalized spacial score (nSPS) is 16.0. The molecule has 1 saturated heterocycles. The maximum atomic E-state index is 6.16. The van der Waals surface area contributed by atoms with Crippen molar-refractivity contribution in [3.63, 3.8) is 0 Å². The Hall–Kier alpha value is -1.84. The zero-order valence-electron chi connectivity index (χ0n) is 14.4. The summed E-state index contributed by atoms with van der Waals surface area (Å²) in [4.78, 5) is 2.50. The first kappa shape index (κ1) is 17.0. The summed E-state index contributed by atoms with van der Waals surface area (Å²) in [6.07, 6.45) is 1.86. The predicted octanol–water partition coefficient (Wildman–Crippen LogP) is 4.11. The maximum absolute atomic E-state index is 6.16. The van der Waals surface area contributed by atoms with Crippen molar-refractivity contribution in [1.82, 2.24) is 9.91 Å². The lowest BCUT2D eigenvalue weighted by Crippen LogP contribution is -2.43. The summed E-state index contributed by atoms with van der Waals surface area (Å²) in [5.41, 5.74) is 5.11. The summed E-state index contributed by atoms with van der Waals surface area (Å²) >= 11 is 6.16. The molecule has 0 unspecified atom stereocenters. The maximum Gasteiger partial charge on any atom is 0.0557 e. The number of nitrogens with zero attached hydrogens (tertiary/aromatic N) is 3. The smallest absolute Gasteiger partial charge is 0.0557 e. The van der Waals surface area contributed by atoms with Crippen molar-refractivity contribution in [2.75, 3.05) is 26.2 Å². The molecule has 1 fully saturated rings. The Labute approximate surface area is 149 Å². The van der Waals surface area contributed by atoms with Crippen LogP contribution in [-0.2, 0) is 6.54 Å². The zero-order valence-corrected chi connectivity index (χ0v) is 15.1. The van der Waals surface area contributed by atoms with Gasteiger partial charge in [-0.2, -0.15) is 5.10 Å². The standard InChI is InChI=1S/C20H24ClN3/c1-16-7-8-19(17(2)13-16)15-23-9-11-24(12-10-23)22-14-18-5-3-4-6-20(18)21/h3-8,13-14H,9-12,15H2,1-2H3/b22-14+. The highest BCUT2D eigenvalue weighted by molar-refractivity contribution is 6.33. The molecule has 0 saturated carbocycles. The lowest BCUT2D eigenvalue weighted by atomic mass is 10.1. The molecule has 1 heterocycles. The van der Waals surface area contributed by atoms with E-state index in [0.29, 0.717) is 0 Å². The molecule has 0 bridgehead atoms. The molecule has 3 rings (SSSR count). The highest BCUT2D eigenvalue weighted by Crippen LogP contribution is 2.15. The van der Waals surface area contributed by atoms with E-state index in [1.54, 1.807) is 0 Å². The third-order valence-corrected chi connectivity index (χ3v) is 4.85. The van der Waals surface area contributed by atoms with Crippen LogP contribution in [0.3, 0.4) is 0 Å². The van der Waals surface area contributed by atoms with Gasteiger partial charge in [-0.3, -0.25) is 9.91 Å². The fraction of sp³-hybridized carbons (Fsp3) is 0.350. The first-order valence-electron chi connectivity index (χ1n) is 8.44. The predicted molar refractivity (Wildman–Crippen MR) is 102 cm³/mol. The van der Waals surface area contributed by atoms with Crippen molar-refractivity contribution in [1.29, 1.82) is 0 Å². The average Bonchev–Trinajstić information content (AvgIpc) is 2.58. The van der Waals surface area contributed by atoms with Crippen molar-refractivity contribution < 1.29 is 0 Å². The molecule has 0 amide bonds. The van der Waals surface area contributed by atoms with Gasteiger partial charge >= 0.3 is 0 Å². The Bertz CT molecular complexity index is 719. The minimum atomic E-state index is 0.745. The molecule has 4 heteroatoms. The molecule has 0 aliphatic carbocycles. The molecule has 2 aromatic carbocycles. The number of benzene rings is 2. The zero-order chi connectivity index (χ0) is 16.9. The summed E-state index contributed by atoms with van der Waals surface area (Å²) in [6.45, 7) is 9.34. The molecule has 0 spiro atoms. The van der Waals surface area contributed by atoms with E-state index in [1.165, 1.54) is 16.7 Å². The lowest BCUT2D eigenvalue weighted by Gasteiger charge is -2.33. The van der Waals surface area contributed by atoms with Crippen LogP contribution in [0.2, 0.25) is 5.02 Å². The Morgan fingerprint density at radius 1 is 1.04 bits per heavy atom. The van der Waals surface area contributed by atoms with Crippen molar-refractivity contribution in [2.24, 2.45) is 5.10 Å². The van der Waals surface area contributed by atoms with Crippen LogP contribution >= 0.6 is 11.6 Å². The second-order valence-corrected chi connectivity index (χ2v) is 6.83. The van der Waals surface area contributed by atoms with Crippen LogP contribution in [0.5, 0.6) is 0 Å². The average molecular weight is 342 g/mol. The van der Waals surface area contributed by atoms with Crippen molar-refractivity contribution >= 4 is 17.8 Å². The Balaban J connectivity index is 1.53. The van der Waals surface area contributed by atoms with Gasteiger partial charge < -0.3 is 0 Å². The van der Waals surface area contributed by atoms with Crippen LogP contribution in [-0.4, -0.2) is 42.3 Å².